The van der Waals surface area contributed by atoms with E-state index >= 15 is 0 Å². The Hall–Kier alpha value is -1.85. The number of aliphatic carboxylic acids is 2. The van der Waals surface area contributed by atoms with Crippen LogP contribution in [0.25, 0.3) is 0 Å². The topological polar surface area (TPSA) is 179 Å². The number of carboxylic acid groups (broad SMARTS) is 2. The molecule has 0 rings (SSSR count). The largest absolute Gasteiger partial charge is 0.481 e. The minimum absolute atomic E-state index is 0.0949. The Morgan fingerprint density at radius 2 is 1.73 bits per heavy atom. The molecule has 0 fully saturated rings. The zero-order valence-electron chi connectivity index (χ0n) is 11.6. The lowest BCUT2D eigenvalue weighted by Gasteiger charge is -2.19. The molecule has 0 spiro atoms. The molecule has 0 bridgehead atoms. The number of rotatable bonds is 10. The van der Waals surface area contributed by atoms with Crippen molar-refractivity contribution in [1.29, 1.82) is 0 Å². The molecule has 126 valence electrons. The summed E-state index contributed by atoms with van der Waals surface area (Å²) in [6.07, 6.45) is -2.59. The van der Waals surface area contributed by atoms with Gasteiger partial charge in [0, 0.05) is 12.2 Å². The number of aliphatic hydroxyl groups excluding tert-OH is 1. The number of nitrogens with one attached hydrogen (secondary N) is 2. The van der Waals surface area contributed by atoms with Crippen LogP contribution in [0.1, 0.15) is 19.3 Å². The predicted octanol–water partition coefficient (Wildman–Crippen LogP) is -2.50. The van der Waals surface area contributed by atoms with Crippen molar-refractivity contribution in [2.75, 3.05) is 5.75 Å². The molecule has 0 aromatic heterocycles. The first kappa shape index (κ1) is 20.1. The van der Waals surface area contributed by atoms with E-state index in [1.807, 2.05) is 5.32 Å². The van der Waals surface area contributed by atoms with Gasteiger partial charge in [-0.15, -0.1) is 0 Å². The average Bonchev–Trinajstić information content (AvgIpc) is 2.40. The van der Waals surface area contributed by atoms with E-state index in [2.05, 4.69) is 17.9 Å². The summed E-state index contributed by atoms with van der Waals surface area (Å²) in [6.45, 7) is 0. The summed E-state index contributed by atoms with van der Waals surface area (Å²) < 4.78 is 0. The van der Waals surface area contributed by atoms with Gasteiger partial charge in [-0.3, -0.25) is 19.2 Å². The van der Waals surface area contributed by atoms with Gasteiger partial charge in [0.15, 0.2) is 0 Å². The third kappa shape index (κ3) is 8.44. The van der Waals surface area contributed by atoms with Gasteiger partial charge in [0.1, 0.15) is 18.3 Å². The molecule has 0 saturated carbocycles. The number of nitrogens with two attached hydrogens (primary N) is 1. The third-order valence-corrected chi connectivity index (χ3v) is 2.88. The van der Waals surface area contributed by atoms with Gasteiger partial charge in [0.05, 0.1) is 6.42 Å². The molecule has 0 aliphatic heterocycles. The van der Waals surface area contributed by atoms with Gasteiger partial charge in [0.25, 0.3) is 0 Å². The van der Waals surface area contributed by atoms with E-state index in [1.165, 1.54) is 0 Å². The molecule has 0 aliphatic carbocycles. The average molecular weight is 337 g/mol. The maximum absolute atomic E-state index is 11.7. The zero-order chi connectivity index (χ0) is 17.3. The number of hydrogen-bond donors (Lipinski definition) is 7. The molecule has 0 aromatic carbocycles. The van der Waals surface area contributed by atoms with Crippen molar-refractivity contribution in [3.8, 4) is 0 Å². The van der Waals surface area contributed by atoms with Crippen molar-refractivity contribution in [2.45, 2.75) is 37.6 Å². The van der Waals surface area contributed by atoms with Gasteiger partial charge in [-0.1, -0.05) is 0 Å². The fraction of sp³-hybridized carbons (Fsp3) is 0.636. The Morgan fingerprint density at radius 1 is 1.14 bits per heavy atom. The summed E-state index contributed by atoms with van der Waals surface area (Å²) in [5.74, 6) is -4.06. The number of amides is 2. The molecule has 0 radical (unpaired) electrons. The number of thiol groups is 1. The summed E-state index contributed by atoms with van der Waals surface area (Å²) in [4.78, 5) is 44.1. The molecular weight excluding hydrogens is 318 g/mol. The zero-order valence-corrected chi connectivity index (χ0v) is 12.5. The summed E-state index contributed by atoms with van der Waals surface area (Å²) in [6, 6.07) is -2.29. The van der Waals surface area contributed by atoms with Crippen LogP contribution in [-0.4, -0.2) is 63.1 Å². The van der Waals surface area contributed by atoms with Gasteiger partial charge in [-0.25, -0.2) is 0 Å². The fourth-order valence-electron chi connectivity index (χ4n) is 1.35. The molecular formula is C11H19N3O7S. The summed E-state index contributed by atoms with van der Waals surface area (Å²) in [5.41, 5.74) is 5.24. The minimum atomic E-state index is -1.59. The van der Waals surface area contributed by atoms with E-state index in [1.54, 1.807) is 0 Å². The lowest BCUT2D eigenvalue weighted by atomic mass is 10.1. The Balaban J connectivity index is 4.34. The number of carboxylic acids is 2. The predicted molar refractivity (Wildman–Crippen MR) is 77.0 cm³/mol. The molecule has 0 aliphatic rings. The Kier molecular flexibility index (Phi) is 9.13. The van der Waals surface area contributed by atoms with Crippen LogP contribution in [0, 0.1) is 0 Å². The molecule has 0 saturated heterocycles. The second-order valence-electron chi connectivity index (χ2n) is 4.41. The van der Waals surface area contributed by atoms with Crippen molar-refractivity contribution in [2.24, 2.45) is 5.73 Å². The van der Waals surface area contributed by atoms with Crippen LogP contribution in [0.4, 0.5) is 0 Å². The Labute approximate surface area is 131 Å². The number of hydrogen-bond acceptors (Lipinski definition) is 7. The van der Waals surface area contributed by atoms with Crippen molar-refractivity contribution >= 4 is 36.4 Å². The maximum atomic E-state index is 11.7. The smallest absolute Gasteiger partial charge is 0.320 e. The quantitative estimate of drug-likeness (QED) is 0.169. The maximum Gasteiger partial charge on any atom is 0.320 e. The monoisotopic (exact) mass is 337 g/mol. The highest BCUT2D eigenvalue weighted by Gasteiger charge is 2.23. The van der Waals surface area contributed by atoms with Crippen LogP contribution in [0.2, 0.25) is 0 Å². The standard InChI is InChI=1S/C11H19N3O7S/c12-5(11(20)21)1-2-7(15)13-6(4-22)10(19)14-8(16)3-9(17)18/h5-6,8,16,22H,1-4,12H2,(H,13,15)(H,14,19)(H,17,18)(H,20,21)/t5-,6-,8+/m0/s1. The lowest BCUT2D eigenvalue weighted by molar-refractivity contribution is -0.141. The van der Waals surface area contributed by atoms with E-state index in [4.69, 9.17) is 15.9 Å². The van der Waals surface area contributed by atoms with Crippen LogP contribution in [0.5, 0.6) is 0 Å². The van der Waals surface area contributed by atoms with Crippen LogP contribution >= 0.6 is 12.6 Å². The number of carbonyl (C=O) groups excluding carboxylic acids is 2. The van der Waals surface area contributed by atoms with Crippen molar-refractivity contribution in [3.05, 3.63) is 0 Å². The van der Waals surface area contributed by atoms with Crippen molar-refractivity contribution in [1.82, 2.24) is 10.6 Å². The molecule has 10 nitrogen and oxygen atoms in total. The molecule has 11 heteroatoms. The van der Waals surface area contributed by atoms with E-state index in [-0.39, 0.29) is 18.6 Å². The molecule has 22 heavy (non-hydrogen) atoms. The third-order valence-electron chi connectivity index (χ3n) is 2.51. The van der Waals surface area contributed by atoms with Gasteiger partial charge in [0.2, 0.25) is 11.8 Å². The second kappa shape index (κ2) is 9.97. The SMILES string of the molecule is N[C@@H](CCC(=O)N[C@@H](CS)C(=O)N[C@H](O)CC(=O)O)C(=O)O. The van der Waals surface area contributed by atoms with Crippen molar-refractivity contribution in [3.63, 3.8) is 0 Å². The van der Waals surface area contributed by atoms with E-state index in [0.29, 0.717) is 0 Å². The minimum Gasteiger partial charge on any atom is -0.481 e. The van der Waals surface area contributed by atoms with Crippen molar-refractivity contribution < 1.29 is 34.5 Å². The first-order chi connectivity index (χ1) is 10.2. The van der Waals surface area contributed by atoms with E-state index in [0.717, 1.165) is 0 Å². The summed E-state index contributed by atoms with van der Waals surface area (Å²) in [5, 5.41) is 30.6. The fourth-order valence-corrected chi connectivity index (χ4v) is 1.61. The highest BCUT2D eigenvalue weighted by atomic mass is 32.1. The first-order valence-corrected chi connectivity index (χ1v) is 6.89. The van der Waals surface area contributed by atoms with Gasteiger partial charge in [-0.2, -0.15) is 12.6 Å². The molecule has 7 N–H and O–H groups in total. The van der Waals surface area contributed by atoms with Crippen LogP contribution in [0.15, 0.2) is 0 Å². The van der Waals surface area contributed by atoms with Crippen LogP contribution in [0.3, 0.4) is 0 Å². The first-order valence-electron chi connectivity index (χ1n) is 6.26. The highest BCUT2D eigenvalue weighted by Crippen LogP contribution is 1.98. The molecule has 3 atom stereocenters. The normalized spacial score (nSPS) is 14.5. The van der Waals surface area contributed by atoms with Gasteiger partial charge in [-0.05, 0) is 6.42 Å². The molecule has 0 heterocycles. The van der Waals surface area contributed by atoms with E-state index < -0.39 is 48.5 Å². The molecule has 0 aromatic rings. The van der Waals surface area contributed by atoms with Crippen LogP contribution < -0.4 is 16.4 Å². The van der Waals surface area contributed by atoms with Crippen LogP contribution in [-0.2, 0) is 19.2 Å². The van der Waals surface area contributed by atoms with Gasteiger partial charge < -0.3 is 31.7 Å². The van der Waals surface area contributed by atoms with E-state index in [9.17, 15) is 24.3 Å². The number of carbonyl (C=O) groups is 4. The molecule has 2 amide bonds. The number of aliphatic hydroxyl groups is 1. The highest BCUT2D eigenvalue weighted by molar-refractivity contribution is 7.80. The lowest BCUT2D eigenvalue weighted by Crippen LogP contribution is -2.51. The summed E-state index contributed by atoms with van der Waals surface area (Å²) >= 11 is 3.87. The molecule has 0 unspecified atom stereocenters. The summed E-state index contributed by atoms with van der Waals surface area (Å²) in [7, 11) is 0. The Morgan fingerprint density at radius 3 is 2.18 bits per heavy atom. The Bertz CT molecular complexity index is 432. The second-order valence-corrected chi connectivity index (χ2v) is 4.77. The van der Waals surface area contributed by atoms with Gasteiger partial charge >= 0.3 is 11.9 Å².